The molecule has 2 aromatic carbocycles. The fourth-order valence-corrected chi connectivity index (χ4v) is 3.05. The van der Waals surface area contributed by atoms with Crippen molar-refractivity contribution in [2.75, 3.05) is 30.0 Å². The van der Waals surface area contributed by atoms with Crippen molar-refractivity contribution in [2.24, 2.45) is 0 Å². The van der Waals surface area contributed by atoms with Crippen LogP contribution in [0.15, 0.2) is 48.5 Å². The van der Waals surface area contributed by atoms with Crippen molar-refractivity contribution in [1.29, 1.82) is 0 Å². The predicted molar refractivity (Wildman–Crippen MR) is 110 cm³/mol. The van der Waals surface area contributed by atoms with Crippen LogP contribution in [0.2, 0.25) is 0 Å². The lowest BCUT2D eigenvalue weighted by Gasteiger charge is -2.19. The predicted octanol–water partition coefficient (Wildman–Crippen LogP) is 3.02. The van der Waals surface area contributed by atoms with Crippen LogP contribution in [0.1, 0.15) is 18.9 Å². The number of rotatable bonds is 9. The molecule has 28 heavy (non-hydrogen) atoms. The van der Waals surface area contributed by atoms with Crippen molar-refractivity contribution >= 4 is 27.3 Å². The summed E-state index contributed by atoms with van der Waals surface area (Å²) in [5, 5.41) is 2.85. The van der Waals surface area contributed by atoms with Gasteiger partial charge in [0.2, 0.25) is 10.0 Å². The third-order valence-electron chi connectivity index (χ3n) is 4.14. The molecule has 0 unspecified atom stereocenters. The molecule has 0 spiro atoms. The van der Waals surface area contributed by atoms with Crippen LogP contribution in [0.5, 0.6) is 5.75 Å². The van der Waals surface area contributed by atoms with Crippen LogP contribution in [0.4, 0.5) is 11.4 Å². The summed E-state index contributed by atoms with van der Waals surface area (Å²) in [7, 11) is -0.239. The van der Waals surface area contributed by atoms with Gasteiger partial charge in [-0.1, -0.05) is 19.1 Å². The minimum atomic E-state index is -3.33. The van der Waals surface area contributed by atoms with Gasteiger partial charge in [0, 0.05) is 19.8 Å². The maximum absolute atomic E-state index is 12.6. The van der Waals surface area contributed by atoms with Crippen molar-refractivity contribution in [3.8, 4) is 5.75 Å². The summed E-state index contributed by atoms with van der Waals surface area (Å²) in [6, 6.07) is 14.0. The number of carbonyl (C=O) groups excluding carboxylic acids is 1. The summed E-state index contributed by atoms with van der Waals surface area (Å²) >= 11 is 0. The highest BCUT2D eigenvalue weighted by Crippen LogP contribution is 2.22. The molecule has 1 N–H and O–H groups in total. The van der Waals surface area contributed by atoms with E-state index < -0.39 is 16.1 Å². The standard InChI is InChI=1S/C20H26N2O5S/c1-5-19(20(23)21-16-8-6-7-15(13-16)14-26-3)27-18-11-9-17(10-12-18)22(2)28(4,24)25/h6-13,19H,5,14H2,1-4H3,(H,21,23)/t19-/m1/s1. The number of hydrogen-bond acceptors (Lipinski definition) is 5. The quantitative estimate of drug-likeness (QED) is 0.692. The SMILES string of the molecule is CC[C@@H](Oc1ccc(N(C)S(C)(=O)=O)cc1)C(=O)Nc1cccc(COC)c1. The Balaban J connectivity index is 2.05. The van der Waals surface area contributed by atoms with Crippen LogP contribution in [-0.4, -0.2) is 40.8 Å². The molecule has 0 aromatic heterocycles. The number of methoxy groups -OCH3 is 1. The van der Waals surface area contributed by atoms with Gasteiger partial charge in [0.05, 0.1) is 18.6 Å². The third kappa shape index (κ3) is 5.97. The van der Waals surface area contributed by atoms with Crippen molar-refractivity contribution in [2.45, 2.75) is 26.1 Å². The molecule has 7 nitrogen and oxygen atoms in total. The molecule has 152 valence electrons. The van der Waals surface area contributed by atoms with E-state index in [0.29, 0.717) is 30.2 Å². The molecule has 8 heteroatoms. The lowest BCUT2D eigenvalue weighted by Crippen LogP contribution is -2.32. The molecular formula is C20H26N2O5S. The van der Waals surface area contributed by atoms with E-state index in [1.807, 2.05) is 25.1 Å². The van der Waals surface area contributed by atoms with Gasteiger partial charge in [-0.25, -0.2) is 8.42 Å². The summed E-state index contributed by atoms with van der Waals surface area (Å²) in [6.45, 7) is 2.32. The van der Waals surface area contributed by atoms with Gasteiger partial charge in [-0.05, 0) is 48.4 Å². The zero-order valence-electron chi connectivity index (χ0n) is 16.5. The van der Waals surface area contributed by atoms with Gasteiger partial charge >= 0.3 is 0 Å². The lowest BCUT2D eigenvalue weighted by atomic mass is 10.2. The first kappa shape index (κ1) is 21.7. The maximum Gasteiger partial charge on any atom is 0.265 e. The van der Waals surface area contributed by atoms with Gasteiger partial charge in [0.15, 0.2) is 6.10 Å². The van der Waals surface area contributed by atoms with Gasteiger partial charge in [0.1, 0.15) is 5.75 Å². The maximum atomic E-state index is 12.6. The van der Waals surface area contributed by atoms with E-state index in [1.54, 1.807) is 37.4 Å². The van der Waals surface area contributed by atoms with Gasteiger partial charge in [-0.3, -0.25) is 9.10 Å². The molecule has 0 aliphatic carbocycles. The van der Waals surface area contributed by atoms with E-state index in [2.05, 4.69) is 5.32 Å². The molecule has 0 saturated carbocycles. The lowest BCUT2D eigenvalue weighted by molar-refractivity contribution is -0.122. The number of sulfonamides is 1. The second-order valence-corrected chi connectivity index (χ2v) is 8.38. The van der Waals surface area contributed by atoms with Crippen molar-refractivity contribution in [3.05, 3.63) is 54.1 Å². The summed E-state index contributed by atoms with van der Waals surface area (Å²) < 4.78 is 35.3. The molecular weight excluding hydrogens is 380 g/mol. The van der Waals surface area contributed by atoms with Crippen LogP contribution < -0.4 is 14.4 Å². The largest absolute Gasteiger partial charge is 0.481 e. The Bertz CT molecular complexity index is 897. The number of benzene rings is 2. The van der Waals surface area contributed by atoms with Crippen LogP contribution in [-0.2, 0) is 26.2 Å². The summed E-state index contributed by atoms with van der Waals surface area (Å²) in [4.78, 5) is 12.6. The van der Waals surface area contributed by atoms with E-state index in [4.69, 9.17) is 9.47 Å². The first-order valence-electron chi connectivity index (χ1n) is 8.84. The fraction of sp³-hybridized carbons (Fsp3) is 0.350. The zero-order chi connectivity index (χ0) is 20.7. The normalized spacial score (nSPS) is 12.3. The highest BCUT2D eigenvalue weighted by molar-refractivity contribution is 7.92. The highest BCUT2D eigenvalue weighted by atomic mass is 32.2. The van der Waals surface area contributed by atoms with Crippen LogP contribution in [0, 0.1) is 0 Å². The fourth-order valence-electron chi connectivity index (χ4n) is 2.54. The number of nitrogens with one attached hydrogen (secondary N) is 1. The molecule has 2 aromatic rings. The van der Waals surface area contributed by atoms with Crippen molar-refractivity contribution in [3.63, 3.8) is 0 Å². The van der Waals surface area contributed by atoms with Gasteiger partial charge in [-0.2, -0.15) is 0 Å². The van der Waals surface area contributed by atoms with E-state index in [1.165, 1.54) is 11.4 Å². The van der Waals surface area contributed by atoms with Crippen molar-refractivity contribution in [1.82, 2.24) is 0 Å². The minimum Gasteiger partial charge on any atom is -0.481 e. The highest BCUT2D eigenvalue weighted by Gasteiger charge is 2.19. The number of amides is 1. The van der Waals surface area contributed by atoms with Crippen molar-refractivity contribution < 1.29 is 22.7 Å². The minimum absolute atomic E-state index is 0.255. The number of anilines is 2. The number of hydrogen-bond donors (Lipinski definition) is 1. The first-order valence-corrected chi connectivity index (χ1v) is 10.7. The average Bonchev–Trinajstić information content (AvgIpc) is 2.65. The summed E-state index contributed by atoms with van der Waals surface area (Å²) in [5.41, 5.74) is 2.15. The molecule has 1 amide bonds. The van der Waals surface area contributed by atoms with E-state index in [9.17, 15) is 13.2 Å². The van der Waals surface area contributed by atoms with Crippen LogP contribution >= 0.6 is 0 Å². The molecule has 0 heterocycles. The van der Waals surface area contributed by atoms with Crippen LogP contribution in [0.25, 0.3) is 0 Å². The Labute approximate surface area is 166 Å². The Kier molecular flexibility index (Phi) is 7.42. The second-order valence-electron chi connectivity index (χ2n) is 6.36. The molecule has 0 aliphatic rings. The number of nitrogens with zero attached hydrogens (tertiary/aromatic N) is 1. The van der Waals surface area contributed by atoms with Gasteiger partial charge < -0.3 is 14.8 Å². The number of carbonyl (C=O) groups is 1. The second kappa shape index (κ2) is 9.57. The zero-order valence-corrected chi connectivity index (χ0v) is 17.3. The molecule has 0 radical (unpaired) electrons. The molecule has 0 saturated heterocycles. The molecule has 0 bridgehead atoms. The number of ether oxygens (including phenoxy) is 2. The first-order chi connectivity index (χ1) is 13.2. The smallest absolute Gasteiger partial charge is 0.265 e. The van der Waals surface area contributed by atoms with Gasteiger partial charge in [0.25, 0.3) is 5.91 Å². The van der Waals surface area contributed by atoms with E-state index in [0.717, 1.165) is 11.8 Å². The molecule has 0 fully saturated rings. The summed E-state index contributed by atoms with van der Waals surface area (Å²) in [5.74, 6) is 0.232. The Morgan fingerprint density at radius 2 is 1.86 bits per heavy atom. The Morgan fingerprint density at radius 1 is 1.18 bits per heavy atom. The van der Waals surface area contributed by atoms with Gasteiger partial charge in [-0.15, -0.1) is 0 Å². The average molecular weight is 407 g/mol. The van der Waals surface area contributed by atoms with E-state index >= 15 is 0 Å². The molecule has 0 aliphatic heterocycles. The molecule has 2 rings (SSSR count). The van der Waals surface area contributed by atoms with E-state index in [-0.39, 0.29) is 5.91 Å². The van der Waals surface area contributed by atoms with Crippen LogP contribution in [0.3, 0.4) is 0 Å². The topological polar surface area (TPSA) is 84.9 Å². The monoisotopic (exact) mass is 406 g/mol. The summed E-state index contributed by atoms with van der Waals surface area (Å²) in [6.07, 6.45) is 0.940. The third-order valence-corrected chi connectivity index (χ3v) is 5.35. The molecule has 1 atom stereocenters. The Morgan fingerprint density at radius 3 is 2.43 bits per heavy atom. The Hall–Kier alpha value is -2.58.